The van der Waals surface area contributed by atoms with Crippen molar-refractivity contribution in [2.75, 3.05) is 11.9 Å². The topological polar surface area (TPSA) is 93.6 Å². The highest BCUT2D eigenvalue weighted by molar-refractivity contribution is 6.32. The Hall–Kier alpha value is -4.36. The van der Waals surface area contributed by atoms with E-state index < -0.39 is 0 Å². The quantitative estimate of drug-likeness (QED) is 0.265. The molecule has 1 atom stereocenters. The van der Waals surface area contributed by atoms with Crippen molar-refractivity contribution in [1.29, 1.82) is 0 Å². The maximum atomic E-state index is 12.8. The van der Waals surface area contributed by atoms with E-state index in [1.165, 1.54) is 6.20 Å². The predicted octanol–water partition coefficient (Wildman–Crippen LogP) is 7.17. The van der Waals surface area contributed by atoms with E-state index in [4.69, 9.17) is 21.1 Å². The minimum Gasteiger partial charge on any atom is -0.512 e. The molecule has 0 spiro atoms. The molecule has 2 N–H and O–H groups in total. The van der Waals surface area contributed by atoms with Crippen molar-refractivity contribution >= 4 is 23.3 Å². The molecule has 2 heterocycles. The first-order valence-corrected chi connectivity index (χ1v) is 12.2. The number of aromatic nitrogens is 2. The largest absolute Gasteiger partial charge is 0.512 e. The van der Waals surface area contributed by atoms with E-state index in [1.54, 1.807) is 55.6 Å². The molecule has 186 valence electrons. The summed E-state index contributed by atoms with van der Waals surface area (Å²) < 4.78 is 11.8. The Bertz CT molecular complexity index is 1460. The fourth-order valence-electron chi connectivity index (χ4n) is 4.14. The van der Waals surface area contributed by atoms with E-state index in [9.17, 15) is 9.90 Å². The fraction of sp³-hybridized carbons (Fsp3) is 0.138. The number of aliphatic hydroxyl groups is 1. The normalized spacial score (nSPS) is 14.9. The Morgan fingerprint density at radius 3 is 2.68 bits per heavy atom. The summed E-state index contributed by atoms with van der Waals surface area (Å²) >= 11 is 6.49. The monoisotopic (exact) mass is 513 g/mol. The number of halogens is 1. The molecule has 7 nitrogen and oxygen atoms in total. The molecule has 37 heavy (non-hydrogen) atoms. The van der Waals surface area contributed by atoms with Gasteiger partial charge in [-0.25, -0.2) is 4.98 Å². The van der Waals surface area contributed by atoms with Crippen LogP contribution >= 0.6 is 11.6 Å². The number of benzene rings is 3. The van der Waals surface area contributed by atoms with E-state index in [2.05, 4.69) is 15.3 Å². The van der Waals surface area contributed by atoms with Crippen molar-refractivity contribution in [3.05, 3.63) is 107 Å². The van der Waals surface area contributed by atoms with Gasteiger partial charge in [0, 0.05) is 28.7 Å². The van der Waals surface area contributed by atoms with Gasteiger partial charge in [-0.2, -0.15) is 0 Å². The lowest BCUT2D eigenvalue weighted by atomic mass is 9.91. The van der Waals surface area contributed by atoms with Crippen LogP contribution in [0.25, 0.3) is 11.3 Å². The van der Waals surface area contributed by atoms with Crippen molar-refractivity contribution in [3.63, 3.8) is 0 Å². The molecule has 8 heteroatoms. The van der Waals surface area contributed by atoms with Crippen LogP contribution in [0.3, 0.4) is 0 Å². The van der Waals surface area contributed by atoms with Gasteiger partial charge in [-0.05, 0) is 49.8 Å². The van der Waals surface area contributed by atoms with Crippen molar-refractivity contribution in [1.82, 2.24) is 9.97 Å². The number of nitrogens with zero attached hydrogens (tertiary/aromatic N) is 2. The average Bonchev–Trinajstić information content (AvgIpc) is 2.94. The second-order valence-electron chi connectivity index (χ2n) is 8.46. The number of anilines is 1. The second-order valence-corrected chi connectivity index (χ2v) is 8.87. The molecule has 1 unspecified atom stereocenters. The third-order valence-corrected chi connectivity index (χ3v) is 6.34. The molecule has 1 aliphatic rings. The third-order valence-electron chi connectivity index (χ3n) is 6.05. The van der Waals surface area contributed by atoms with Crippen molar-refractivity contribution in [3.8, 4) is 28.5 Å². The molecule has 0 radical (unpaired) electrons. The number of ether oxygens (including phenoxy) is 2. The zero-order valence-corrected chi connectivity index (χ0v) is 20.8. The van der Waals surface area contributed by atoms with Gasteiger partial charge < -0.3 is 19.9 Å². The molecule has 4 aromatic rings. The summed E-state index contributed by atoms with van der Waals surface area (Å²) in [4.78, 5) is 21.4. The fourth-order valence-corrected chi connectivity index (χ4v) is 4.35. The summed E-state index contributed by atoms with van der Waals surface area (Å²) in [5.41, 5.74) is 2.84. The molecule has 0 saturated carbocycles. The lowest BCUT2D eigenvalue weighted by Gasteiger charge is -2.26. The van der Waals surface area contributed by atoms with Crippen LogP contribution in [0, 0.1) is 0 Å². The lowest BCUT2D eigenvalue weighted by molar-refractivity contribution is 0.102. The van der Waals surface area contributed by atoms with Crippen LogP contribution in [0.1, 0.15) is 35.2 Å². The molecule has 1 aliphatic heterocycles. The number of allylic oxidation sites excluding steroid dienone is 2. The van der Waals surface area contributed by atoms with Gasteiger partial charge >= 0.3 is 0 Å². The maximum Gasteiger partial charge on any atom is 0.256 e. The molecule has 0 aliphatic carbocycles. The maximum absolute atomic E-state index is 12.8. The number of rotatable bonds is 6. The Kier molecular flexibility index (Phi) is 7.05. The number of carbonyl (C=O) groups excluding carboxylic acids is 1. The Balaban J connectivity index is 1.29. The summed E-state index contributed by atoms with van der Waals surface area (Å²) in [7, 11) is 0. The van der Waals surface area contributed by atoms with Gasteiger partial charge in [-0.3, -0.25) is 9.78 Å². The Morgan fingerprint density at radius 2 is 1.92 bits per heavy atom. The first kappa shape index (κ1) is 24.3. The molecule has 0 saturated heterocycles. The smallest absolute Gasteiger partial charge is 0.256 e. The highest BCUT2D eigenvalue weighted by atomic mass is 35.5. The van der Waals surface area contributed by atoms with E-state index in [-0.39, 0.29) is 11.8 Å². The van der Waals surface area contributed by atoms with Crippen LogP contribution in [0.2, 0.25) is 5.02 Å². The van der Waals surface area contributed by atoms with Crippen molar-refractivity contribution < 1.29 is 19.4 Å². The summed E-state index contributed by atoms with van der Waals surface area (Å²) in [5, 5.41) is 13.4. The van der Waals surface area contributed by atoms with Gasteiger partial charge in [-0.15, -0.1) is 0 Å². The number of nitrogens with one attached hydrogen (secondary N) is 1. The number of hydrogen-bond acceptors (Lipinski definition) is 6. The number of amides is 1. The summed E-state index contributed by atoms with van der Waals surface area (Å²) in [5.74, 6) is 1.73. The molecule has 0 bridgehead atoms. The predicted molar refractivity (Wildman–Crippen MR) is 143 cm³/mol. The highest BCUT2D eigenvalue weighted by Crippen LogP contribution is 2.43. The molecule has 3 aromatic carbocycles. The first-order chi connectivity index (χ1) is 18.0. The van der Waals surface area contributed by atoms with Crippen LogP contribution in [-0.4, -0.2) is 27.6 Å². The molecule has 1 aromatic heterocycles. The molecular weight excluding hydrogens is 490 g/mol. The Labute approximate surface area is 219 Å². The average molecular weight is 514 g/mol. The molecular formula is C29H24ClN3O4. The van der Waals surface area contributed by atoms with Crippen molar-refractivity contribution in [2.45, 2.75) is 19.3 Å². The van der Waals surface area contributed by atoms with Gasteiger partial charge in [0.25, 0.3) is 5.91 Å². The van der Waals surface area contributed by atoms with Crippen LogP contribution in [0.4, 0.5) is 5.82 Å². The van der Waals surface area contributed by atoms with Gasteiger partial charge in [0.15, 0.2) is 5.82 Å². The number of fused-ring (bicyclic) bond motifs is 1. The Morgan fingerprint density at radius 1 is 1.14 bits per heavy atom. The second kappa shape index (κ2) is 10.7. The molecule has 1 amide bonds. The standard InChI is InChI=1S/C29H24ClN3O4/c1-2-25(34)21-12-13-36-26-15-27(23(30)14-22(21)26)37-20-10-8-19(9-11-20)29(35)33-28-17-31-16-24(32-28)18-6-4-3-5-7-18/h2-11,14-17,21,34H,12-13H2,1H3,(H,32,33,35)/b25-2-. The molecule has 5 rings (SSSR count). The summed E-state index contributed by atoms with van der Waals surface area (Å²) in [6.07, 6.45) is 5.51. The van der Waals surface area contributed by atoms with Crippen molar-refractivity contribution in [2.24, 2.45) is 0 Å². The van der Waals surface area contributed by atoms with Gasteiger partial charge in [-0.1, -0.05) is 41.9 Å². The minimum atomic E-state index is -0.318. The van der Waals surface area contributed by atoms with Crippen LogP contribution in [0.15, 0.2) is 91.0 Å². The van der Waals surface area contributed by atoms with E-state index in [1.807, 2.05) is 30.3 Å². The number of hydrogen-bond donors (Lipinski definition) is 2. The van der Waals surface area contributed by atoms with E-state index >= 15 is 0 Å². The van der Waals surface area contributed by atoms with Gasteiger partial charge in [0.2, 0.25) is 0 Å². The summed E-state index contributed by atoms with van der Waals surface area (Å²) in [6, 6.07) is 19.8. The zero-order chi connectivity index (χ0) is 25.8. The van der Waals surface area contributed by atoms with Gasteiger partial charge in [0.05, 0.1) is 35.5 Å². The highest BCUT2D eigenvalue weighted by Gasteiger charge is 2.26. The van der Waals surface area contributed by atoms with Crippen LogP contribution < -0.4 is 14.8 Å². The van der Waals surface area contributed by atoms with Crippen LogP contribution in [-0.2, 0) is 0 Å². The molecule has 0 fully saturated rings. The minimum absolute atomic E-state index is 0.156. The van der Waals surface area contributed by atoms with Gasteiger partial charge in [0.1, 0.15) is 17.2 Å². The third kappa shape index (κ3) is 5.42. The summed E-state index contributed by atoms with van der Waals surface area (Å²) in [6.45, 7) is 2.28. The van der Waals surface area contributed by atoms with E-state index in [0.717, 1.165) is 11.1 Å². The first-order valence-electron chi connectivity index (χ1n) is 11.8. The van der Waals surface area contributed by atoms with Crippen LogP contribution in [0.5, 0.6) is 17.2 Å². The number of aliphatic hydroxyl groups excluding tert-OH is 1. The zero-order valence-electron chi connectivity index (χ0n) is 20.0. The number of carbonyl (C=O) groups is 1. The SMILES string of the molecule is C/C=C(\O)C1CCOc2cc(Oc3ccc(C(=O)Nc4cncc(-c5ccccc5)n4)cc3)c(Cl)cc21. The lowest BCUT2D eigenvalue weighted by Crippen LogP contribution is -2.16. The van der Waals surface area contributed by atoms with E-state index in [0.29, 0.717) is 58.1 Å².